The van der Waals surface area contributed by atoms with Gasteiger partial charge in [-0.2, -0.15) is 8.42 Å². The summed E-state index contributed by atoms with van der Waals surface area (Å²) in [6.07, 6.45) is 11.7. The van der Waals surface area contributed by atoms with Crippen molar-refractivity contribution in [3.63, 3.8) is 0 Å². The molecule has 0 atom stereocenters. The van der Waals surface area contributed by atoms with Crippen molar-refractivity contribution < 1.29 is 44.0 Å². The van der Waals surface area contributed by atoms with Crippen molar-refractivity contribution in [2.75, 3.05) is 5.75 Å². The van der Waals surface area contributed by atoms with E-state index in [0.717, 1.165) is 12.8 Å². The smallest absolute Gasteiger partial charge is 1.00 e. The molecule has 0 aliphatic rings. The molecule has 0 spiro atoms. The maximum atomic E-state index is 10.4. The fourth-order valence-electron chi connectivity index (χ4n) is 1.77. The Bertz CT molecular complexity index is 251. The molecule has 0 aliphatic heterocycles. The van der Waals surface area contributed by atoms with Gasteiger partial charge in [0.2, 0.25) is 0 Å². The minimum atomic E-state index is -3.73. The quantitative estimate of drug-likeness (QED) is 0.338. The van der Waals surface area contributed by atoms with E-state index in [4.69, 9.17) is 4.55 Å². The fourth-order valence-corrected chi connectivity index (χ4v) is 2.34. The molecule has 6 heteroatoms. The fraction of sp³-hybridized carbons (Fsp3) is 1.00. The summed E-state index contributed by atoms with van der Waals surface area (Å²) in [4.78, 5) is 0. The number of unbranched alkanes of at least 4 members (excludes halogenated alkanes) is 9. The van der Waals surface area contributed by atoms with Crippen LogP contribution in [0.5, 0.6) is 0 Å². The Morgan fingerprint density at radius 2 is 1.17 bits per heavy atom. The largest absolute Gasteiger partial charge is 1.00 e. The van der Waals surface area contributed by atoms with Gasteiger partial charge in [-0.15, -0.1) is 0 Å². The maximum Gasteiger partial charge on any atom is 1.00 e. The summed E-state index contributed by atoms with van der Waals surface area (Å²) in [7, 11) is -3.73. The summed E-state index contributed by atoms with van der Waals surface area (Å²) >= 11 is 0. The van der Waals surface area contributed by atoms with E-state index in [9.17, 15) is 8.42 Å². The summed E-state index contributed by atoms with van der Waals surface area (Å²) in [6.45, 7) is 2.22. The van der Waals surface area contributed by atoms with E-state index in [-0.39, 0.29) is 42.9 Å². The van der Waals surface area contributed by atoms with Gasteiger partial charge >= 0.3 is 29.6 Å². The van der Waals surface area contributed by atoms with Crippen LogP contribution < -0.4 is 35.7 Å². The van der Waals surface area contributed by atoms with Crippen LogP contribution in [0.25, 0.3) is 0 Å². The van der Waals surface area contributed by atoms with Crippen molar-refractivity contribution in [2.24, 2.45) is 0 Å². The normalized spacial score (nSPS) is 10.6. The number of hydrogen-bond acceptors (Lipinski definition) is 3. The van der Waals surface area contributed by atoms with Gasteiger partial charge in [0.1, 0.15) is 0 Å². The summed E-state index contributed by atoms with van der Waals surface area (Å²) in [5, 5.41) is 0. The Morgan fingerprint density at radius 3 is 1.50 bits per heavy atom. The Hall–Kier alpha value is 0.870. The minimum Gasteiger partial charge on any atom is -1.00 e. The van der Waals surface area contributed by atoms with Crippen LogP contribution in [0.2, 0.25) is 0 Å². The molecule has 0 aromatic rings. The molecule has 0 rings (SSSR count). The molecular weight excluding hydrogens is 261 g/mol. The average molecular weight is 291 g/mol. The van der Waals surface area contributed by atoms with Gasteiger partial charge in [-0.3, -0.25) is 4.55 Å². The second kappa shape index (κ2) is 15.9. The summed E-state index contributed by atoms with van der Waals surface area (Å²) in [5.74, 6) is -0.0799. The molecule has 0 bridgehead atoms. The van der Waals surface area contributed by atoms with Gasteiger partial charge in [-0.1, -0.05) is 64.7 Å². The Balaban J connectivity index is -0.000000375. The molecule has 0 heterocycles. The van der Waals surface area contributed by atoms with Gasteiger partial charge < -0.3 is 7.58 Å². The second-order valence-corrected chi connectivity index (χ2v) is 6.04. The molecule has 18 heavy (non-hydrogen) atoms. The first-order valence-electron chi connectivity index (χ1n) is 6.51. The first-order chi connectivity index (χ1) is 7.56. The van der Waals surface area contributed by atoms with Crippen LogP contribution in [0, 0.1) is 0 Å². The van der Waals surface area contributed by atoms with Crippen LogP contribution in [0.3, 0.4) is 0 Å². The van der Waals surface area contributed by atoms with Crippen molar-refractivity contribution in [1.29, 1.82) is 0 Å². The van der Waals surface area contributed by atoms with E-state index >= 15 is 0 Å². The minimum absolute atomic E-state index is 0. The number of rotatable bonds is 11. The van der Waals surface area contributed by atoms with E-state index in [1.165, 1.54) is 44.9 Å². The van der Waals surface area contributed by atoms with Gasteiger partial charge in [0.05, 0.1) is 5.75 Å². The SMILES string of the molecule is CCCCCCCCCCCCS(=O)(=O)O.N.[H-].[Na+]. The third-order valence-electron chi connectivity index (χ3n) is 2.76. The molecule has 4 nitrogen and oxygen atoms in total. The third-order valence-corrected chi connectivity index (χ3v) is 3.56. The van der Waals surface area contributed by atoms with Crippen LogP contribution in [0.15, 0.2) is 0 Å². The second-order valence-electron chi connectivity index (χ2n) is 4.47. The Morgan fingerprint density at radius 1 is 0.833 bits per heavy atom. The van der Waals surface area contributed by atoms with Gasteiger partial charge in [-0.05, 0) is 6.42 Å². The average Bonchev–Trinajstić information content (AvgIpc) is 2.19. The predicted molar refractivity (Wildman–Crippen MR) is 74.4 cm³/mol. The molecule has 4 N–H and O–H groups in total. The zero-order valence-corrected chi connectivity index (χ0v) is 15.0. The molecular formula is C12H30NNaO3S. The van der Waals surface area contributed by atoms with Crippen LogP contribution in [-0.2, 0) is 10.1 Å². The van der Waals surface area contributed by atoms with Crippen molar-refractivity contribution >= 4 is 10.1 Å². The molecule has 0 amide bonds. The molecule has 0 radical (unpaired) electrons. The summed E-state index contributed by atoms with van der Waals surface area (Å²) in [5.41, 5.74) is 0. The van der Waals surface area contributed by atoms with E-state index in [1.54, 1.807) is 0 Å². The topological polar surface area (TPSA) is 89.4 Å². The zero-order chi connectivity index (χ0) is 12.3. The molecule has 0 fully saturated rings. The van der Waals surface area contributed by atoms with E-state index in [0.29, 0.717) is 6.42 Å². The predicted octanol–water partition coefficient (Wildman–Crippen LogP) is 1.07. The van der Waals surface area contributed by atoms with Crippen LogP contribution in [-0.4, -0.2) is 18.7 Å². The van der Waals surface area contributed by atoms with E-state index in [1.807, 2.05) is 0 Å². The number of hydrogen-bond donors (Lipinski definition) is 2. The zero-order valence-electron chi connectivity index (χ0n) is 13.2. The van der Waals surface area contributed by atoms with Gasteiger partial charge in [0, 0.05) is 0 Å². The first-order valence-corrected chi connectivity index (χ1v) is 8.12. The summed E-state index contributed by atoms with van der Waals surface area (Å²) in [6, 6.07) is 0. The molecule has 0 unspecified atom stereocenters. The Kier molecular flexibility index (Phi) is 21.2. The monoisotopic (exact) mass is 291 g/mol. The molecule has 0 aromatic heterocycles. The van der Waals surface area contributed by atoms with Crippen LogP contribution in [0.4, 0.5) is 0 Å². The van der Waals surface area contributed by atoms with Gasteiger partial charge in [0.15, 0.2) is 0 Å². The maximum absolute atomic E-state index is 10.4. The molecule has 0 aliphatic carbocycles. The van der Waals surface area contributed by atoms with E-state index in [2.05, 4.69) is 6.92 Å². The van der Waals surface area contributed by atoms with Crippen LogP contribution in [0.1, 0.15) is 72.6 Å². The molecule has 0 saturated carbocycles. The summed E-state index contributed by atoms with van der Waals surface area (Å²) < 4.78 is 29.4. The molecule has 0 saturated heterocycles. The Labute approximate surface area is 136 Å². The standard InChI is InChI=1S/C12H26O3S.H3N.Na.H/c1-2-3-4-5-6-7-8-9-10-11-12-16(13,14)15;;;/h2-12H2,1H3,(H,13,14,15);1H3;;/q;;+1;-1. The van der Waals surface area contributed by atoms with Crippen LogP contribution >= 0.6 is 0 Å². The molecule has 108 valence electrons. The van der Waals surface area contributed by atoms with E-state index < -0.39 is 10.1 Å². The van der Waals surface area contributed by atoms with Crippen molar-refractivity contribution in [3.05, 3.63) is 0 Å². The van der Waals surface area contributed by atoms with Crippen molar-refractivity contribution in [3.8, 4) is 0 Å². The van der Waals surface area contributed by atoms with Gasteiger partial charge in [-0.25, -0.2) is 0 Å². The molecule has 0 aromatic carbocycles. The van der Waals surface area contributed by atoms with Crippen molar-refractivity contribution in [1.82, 2.24) is 6.15 Å². The third kappa shape index (κ3) is 22.1. The first kappa shape index (κ1) is 23.9. The van der Waals surface area contributed by atoms with Gasteiger partial charge in [0.25, 0.3) is 10.1 Å². The van der Waals surface area contributed by atoms with Crippen molar-refractivity contribution in [2.45, 2.75) is 71.1 Å².